The van der Waals surface area contributed by atoms with Gasteiger partial charge in [-0.2, -0.15) is 0 Å². The van der Waals surface area contributed by atoms with Crippen LogP contribution >= 0.6 is 22.9 Å². The molecule has 0 saturated carbocycles. The Labute approximate surface area is 184 Å². The third-order valence-corrected chi connectivity index (χ3v) is 5.79. The third kappa shape index (κ3) is 3.65. The highest BCUT2D eigenvalue weighted by Crippen LogP contribution is 2.28. The van der Waals surface area contributed by atoms with E-state index in [1.54, 1.807) is 35.8 Å². The fourth-order valence-electron chi connectivity index (χ4n) is 3.21. The zero-order chi connectivity index (χ0) is 21.4. The maximum absolute atomic E-state index is 12.3. The number of hydrogen-bond acceptors (Lipinski definition) is 7. The second-order valence-corrected chi connectivity index (χ2v) is 7.98. The third-order valence-electron chi connectivity index (χ3n) is 4.74. The van der Waals surface area contributed by atoms with E-state index in [0.29, 0.717) is 39.2 Å². The first-order valence-corrected chi connectivity index (χ1v) is 10.5. The minimum Gasteiger partial charge on any atom is -0.505 e. The van der Waals surface area contributed by atoms with Crippen LogP contribution in [0.15, 0.2) is 69.4 Å². The fourth-order valence-corrected chi connectivity index (χ4v) is 4.03. The van der Waals surface area contributed by atoms with Crippen molar-refractivity contribution >= 4 is 39.0 Å². The number of rotatable bonds is 5. The van der Waals surface area contributed by atoms with Crippen LogP contribution in [-0.2, 0) is 6.54 Å². The summed E-state index contributed by atoms with van der Waals surface area (Å²) in [5.74, 6) is 0.134. The molecule has 8 nitrogen and oxygen atoms in total. The minimum atomic E-state index is -0.537. The van der Waals surface area contributed by atoms with Crippen molar-refractivity contribution in [1.82, 2.24) is 15.2 Å². The number of H-pyrrole nitrogens is 1. The van der Waals surface area contributed by atoms with Crippen LogP contribution in [0.5, 0.6) is 5.75 Å². The summed E-state index contributed by atoms with van der Waals surface area (Å²) in [7, 11) is 0. The van der Waals surface area contributed by atoms with Gasteiger partial charge in [0.05, 0.1) is 0 Å². The molecule has 10 heteroatoms. The molecule has 3 heterocycles. The van der Waals surface area contributed by atoms with E-state index in [2.05, 4.69) is 20.6 Å². The number of phenolic OH excluding ortho intramolecular Hbond substituents is 1. The summed E-state index contributed by atoms with van der Waals surface area (Å²) in [5.41, 5.74) is 2.12. The zero-order valence-corrected chi connectivity index (χ0v) is 17.4. The molecule has 0 spiro atoms. The van der Waals surface area contributed by atoms with Crippen LogP contribution in [0.2, 0.25) is 5.02 Å². The molecule has 3 aromatic heterocycles. The maximum Gasteiger partial charge on any atom is 0.437 e. The van der Waals surface area contributed by atoms with Crippen LogP contribution in [0.25, 0.3) is 28.0 Å². The molecular formula is C21H15ClN5O3S+. The van der Waals surface area contributed by atoms with Crippen LogP contribution in [0.3, 0.4) is 0 Å². The van der Waals surface area contributed by atoms with Crippen LogP contribution in [-0.4, -0.2) is 20.3 Å². The van der Waals surface area contributed by atoms with Gasteiger partial charge >= 0.3 is 11.3 Å². The van der Waals surface area contributed by atoms with E-state index in [4.69, 9.17) is 16.1 Å². The van der Waals surface area contributed by atoms with Gasteiger partial charge in [0, 0.05) is 46.2 Å². The number of anilines is 1. The van der Waals surface area contributed by atoms with Crippen LogP contribution in [0.1, 0.15) is 5.56 Å². The van der Waals surface area contributed by atoms with Gasteiger partial charge in [-0.1, -0.05) is 29.8 Å². The Kier molecular flexibility index (Phi) is 4.89. The fraction of sp³-hybridized carbons (Fsp3) is 0.0476. The van der Waals surface area contributed by atoms with Crippen molar-refractivity contribution < 1.29 is 14.3 Å². The highest BCUT2D eigenvalue weighted by atomic mass is 35.5. The Hall–Kier alpha value is -3.69. The highest BCUT2D eigenvalue weighted by molar-refractivity contribution is 7.14. The van der Waals surface area contributed by atoms with Gasteiger partial charge in [-0.05, 0) is 28.2 Å². The van der Waals surface area contributed by atoms with E-state index < -0.39 is 5.63 Å². The number of aromatic hydroxyl groups is 1. The minimum absolute atomic E-state index is 0.134. The normalized spacial score (nSPS) is 11.1. The molecule has 5 aromatic rings. The molecule has 3 N–H and O–H groups in total. The Balaban J connectivity index is 1.40. The molecule has 5 rings (SSSR count). The summed E-state index contributed by atoms with van der Waals surface area (Å²) in [5, 5.41) is 20.1. The lowest BCUT2D eigenvalue weighted by Crippen LogP contribution is -2.36. The van der Waals surface area contributed by atoms with Crippen molar-refractivity contribution in [3.8, 4) is 22.8 Å². The average molecular weight is 453 g/mol. The number of nitrogens with zero attached hydrogens (tertiary/aromatic N) is 3. The predicted molar refractivity (Wildman–Crippen MR) is 118 cm³/mol. The second-order valence-electron chi connectivity index (χ2n) is 6.68. The van der Waals surface area contributed by atoms with Gasteiger partial charge in [0.2, 0.25) is 5.69 Å². The van der Waals surface area contributed by atoms with Crippen LogP contribution in [0.4, 0.5) is 5.13 Å². The second kappa shape index (κ2) is 7.86. The molecule has 0 amide bonds. The van der Waals surface area contributed by atoms with E-state index in [1.807, 2.05) is 24.3 Å². The van der Waals surface area contributed by atoms with Crippen molar-refractivity contribution in [3.63, 3.8) is 0 Å². The summed E-state index contributed by atoms with van der Waals surface area (Å²) in [6, 6.07) is 14.4. The van der Waals surface area contributed by atoms with Gasteiger partial charge in [0.1, 0.15) is 11.3 Å². The van der Waals surface area contributed by atoms with Crippen LogP contribution in [0, 0.1) is 0 Å². The van der Waals surface area contributed by atoms with Gasteiger partial charge in [-0.15, -0.1) is 11.3 Å². The molecule has 0 atom stereocenters. The van der Waals surface area contributed by atoms with Gasteiger partial charge in [-0.25, -0.2) is 9.78 Å². The highest BCUT2D eigenvalue weighted by Gasteiger charge is 2.27. The number of nitrogens with one attached hydrogen (secondary N) is 2. The molecule has 0 saturated heterocycles. The number of hydrogen-bond donors (Lipinski definition) is 3. The van der Waals surface area contributed by atoms with Crippen molar-refractivity contribution in [2.45, 2.75) is 6.54 Å². The molecular weight excluding hydrogens is 438 g/mol. The van der Waals surface area contributed by atoms with E-state index in [0.717, 1.165) is 5.39 Å². The Morgan fingerprint density at radius 3 is 2.87 bits per heavy atom. The predicted octanol–water partition coefficient (Wildman–Crippen LogP) is 3.89. The molecule has 31 heavy (non-hydrogen) atoms. The van der Waals surface area contributed by atoms with Crippen molar-refractivity contribution in [2.75, 3.05) is 5.32 Å². The van der Waals surface area contributed by atoms with E-state index in [9.17, 15) is 9.90 Å². The molecule has 0 radical (unpaired) electrons. The van der Waals surface area contributed by atoms with E-state index in [-0.39, 0.29) is 11.4 Å². The molecule has 0 fully saturated rings. The number of aromatic amines is 1. The molecule has 0 bridgehead atoms. The van der Waals surface area contributed by atoms with E-state index >= 15 is 0 Å². The zero-order valence-electron chi connectivity index (χ0n) is 15.9. The number of benzene rings is 2. The molecule has 0 aliphatic heterocycles. The summed E-state index contributed by atoms with van der Waals surface area (Å²) in [6.07, 6.45) is 1.64. The number of halogens is 1. The number of thiazole rings is 1. The summed E-state index contributed by atoms with van der Waals surface area (Å²) in [6.45, 7) is 0.351. The van der Waals surface area contributed by atoms with Crippen LogP contribution < -0.4 is 15.6 Å². The Bertz CT molecular complexity index is 1440. The Morgan fingerprint density at radius 2 is 2.03 bits per heavy atom. The van der Waals surface area contributed by atoms with Gasteiger partial charge < -0.3 is 10.4 Å². The lowest BCUT2D eigenvalue weighted by Gasteiger charge is -2.07. The average Bonchev–Trinajstić information content (AvgIpc) is 3.40. The van der Waals surface area contributed by atoms with E-state index in [1.165, 1.54) is 16.0 Å². The van der Waals surface area contributed by atoms with Crippen molar-refractivity contribution in [3.05, 3.63) is 81.1 Å². The largest absolute Gasteiger partial charge is 0.505 e. The Morgan fingerprint density at radius 1 is 1.19 bits per heavy atom. The van der Waals surface area contributed by atoms with Gasteiger partial charge in [-0.3, -0.25) is 9.51 Å². The first-order chi connectivity index (χ1) is 15.1. The SMILES string of the molecule is O=c1o[nH][n+](-c2ccc(Cl)cc2)c1-c1csc(NCc2ccc3cccnc3c2O)n1. The quantitative estimate of drug-likeness (QED) is 0.349. The first kappa shape index (κ1) is 19.3. The summed E-state index contributed by atoms with van der Waals surface area (Å²) in [4.78, 5) is 21.0. The standard InChI is InChI=1S/C21H14ClN5O3S/c22-14-5-7-15(8-6-14)27-18(20(29)30-26-27)16-11-31-21(25-16)24-10-13-4-3-12-2-1-9-23-17(12)19(13)28/h1-9,11H,10H2,(H2-,24,25,26,28,29)/p+1. The van der Waals surface area contributed by atoms with Crippen molar-refractivity contribution in [2.24, 2.45) is 0 Å². The van der Waals surface area contributed by atoms with Gasteiger partial charge in [0.15, 0.2) is 10.8 Å². The summed E-state index contributed by atoms with van der Waals surface area (Å²) < 4.78 is 6.50. The number of phenols is 1. The molecule has 0 aliphatic rings. The number of fused-ring (bicyclic) bond motifs is 1. The molecule has 0 aliphatic carbocycles. The topological polar surface area (TPSA) is 108 Å². The molecule has 2 aromatic carbocycles. The molecule has 0 unspecified atom stereocenters. The lowest BCUT2D eigenvalue weighted by atomic mass is 10.1. The van der Waals surface area contributed by atoms with Crippen molar-refractivity contribution in [1.29, 1.82) is 0 Å². The molecule has 154 valence electrons. The monoisotopic (exact) mass is 452 g/mol. The number of aromatic nitrogens is 4. The van der Waals surface area contributed by atoms with Gasteiger partial charge in [0.25, 0.3) is 0 Å². The number of pyridine rings is 1. The lowest BCUT2D eigenvalue weighted by molar-refractivity contribution is -0.660. The summed E-state index contributed by atoms with van der Waals surface area (Å²) >= 11 is 7.29. The maximum atomic E-state index is 12.3. The first-order valence-electron chi connectivity index (χ1n) is 9.25. The smallest absolute Gasteiger partial charge is 0.437 e.